The summed E-state index contributed by atoms with van der Waals surface area (Å²) >= 11 is 0. The predicted molar refractivity (Wildman–Crippen MR) is 114 cm³/mol. The average Bonchev–Trinajstić information content (AvgIpc) is 2.63. The molecular formula is C24H35FO. The molecule has 0 aromatic rings. The van der Waals surface area contributed by atoms with E-state index in [1.807, 2.05) is 13.8 Å². The molecule has 2 atom stereocenters. The zero-order valence-electron chi connectivity index (χ0n) is 16.9. The molecule has 0 radical (unpaired) electrons. The van der Waals surface area contributed by atoms with Gasteiger partial charge in [0.05, 0.1) is 0 Å². The fraction of sp³-hybridized carbons (Fsp3) is 0.417. The third-order valence-corrected chi connectivity index (χ3v) is 4.56. The minimum Gasteiger partial charge on any atom is -0.396 e. The van der Waals surface area contributed by atoms with Gasteiger partial charge >= 0.3 is 0 Å². The second kappa shape index (κ2) is 12.4. The normalized spacial score (nSPS) is 15.0. The van der Waals surface area contributed by atoms with Crippen LogP contribution >= 0.6 is 0 Å². The molecule has 0 rings (SSSR count). The maximum Gasteiger partial charge on any atom is 0.130 e. The van der Waals surface area contributed by atoms with Crippen LogP contribution in [0.1, 0.15) is 47.0 Å². The Balaban J connectivity index is 5.20. The van der Waals surface area contributed by atoms with Crippen molar-refractivity contribution in [1.29, 1.82) is 0 Å². The highest BCUT2D eigenvalue weighted by atomic mass is 19.1. The Hall–Kier alpha value is -1.93. The summed E-state index contributed by atoms with van der Waals surface area (Å²) < 4.78 is 14.6. The van der Waals surface area contributed by atoms with Crippen molar-refractivity contribution >= 4 is 0 Å². The van der Waals surface area contributed by atoms with Gasteiger partial charge in [-0.3, -0.25) is 0 Å². The summed E-state index contributed by atoms with van der Waals surface area (Å²) in [6.07, 6.45) is 9.68. The molecule has 0 aromatic heterocycles. The van der Waals surface area contributed by atoms with Crippen molar-refractivity contribution in [3.05, 3.63) is 84.3 Å². The van der Waals surface area contributed by atoms with Crippen molar-refractivity contribution in [2.45, 2.75) is 47.0 Å². The molecule has 0 saturated carbocycles. The zero-order chi connectivity index (χ0) is 20.3. The molecule has 2 heteroatoms. The first-order valence-corrected chi connectivity index (χ1v) is 9.30. The lowest BCUT2D eigenvalue weighted by Gasteiger charge is -2.12. The van der Waals surface area contributed by atoms with Gasteiger partial charge in [0.1, 0.15) is 5.83 Å². The smallest absolute Gasteiger partial charge is 0.130 e. The molecule has 0 fully saturated rings. The highest BCUT2D eigenvalue weighted by molar-refractivity contribution is 5.51. The van der Waals surface area contributed by atoms with E-state index in [-0.39, 0.29) is 18.1 Å². The first-order valence-electron chi connectivity index (χ1n) is 9.30. The lowest BCUT2D eigenvalue weighted by molar-refractivity contribution is 0.299. The van der Waals surface area contributed by atoms with Crippen molar-refractivity contribution in [3.63, 3.8) is 0 Å². The molecule has 0 amide bonds. The molecule has 144 valence electrons. The van der Waals surface area contributed by atoms with E-state index < -0.39 is 5.83 Å². The Labute approximate surface area is 159 Å². The Morgan fingerprint density at radius 2 is 1.65 bits per heavy atom. The average molecular weight is 359 g/mol. The van der Waals surface area contributed by atoms with Crippen molar-refractivity contribution in [3.8, 4) is 0 Å². The van der Waals surface area contributed by atoms with Gasteiger partial charge in [0.25, 0.3) is 0 Å². The number of rotatable bonds is 12. The molecule has 0 saturated heterocycles. The van der Waals surface area contributed by atoms with Crippen LogP contribution in [0.4, 0.5) is 4.39 Å². The number of halogens is 1. The van der Waals surface area contributed by atoms with E-state index in [1.165, 1.54) is 6.08 Å². The van der Waals surface area contributed by atoms with Gasteiger partial charge < -0.3 is 5.11 Å². The van der Waals surface area contributed by atoms with Gasteiger partial charge in [-0.05, 0) is 47.5 Å². The lowest BCUT2D eigenvalue weighted by Crippen LogP contribution is -1.97. The van der Waals surface area contributed by atoms with Crippen molar-refractivity contribution < 1.29 is 9.50 Å². The molecule has 0 heterocycles. The van der Waals surface area contributed by atoms with E-state index in [0.29, 0.717) is 23.5 Å². The summed E-state index contributed by atoms with van der Waals surface area (Å²) in [6.45, 7) is 24.0. The Bertz CT molecular complexity index is 616. The maximum atomic E-state index is 14.6. The predicted octanol–water partition coefficient (Wildman–Crippen LogP) is 7.02. The molecule has 0 aliphatic carbocycles. The summed E-state index contributed by atoms with van der Waals surface area (Å²) in [5.74, 6) is 0.109. The summed E-state index contributed by atoms with van der Waals surface area (Å²) in [5, 5.41) is 9.19. The van der Waals surface area contributed by atoms with Crippen molar-refractivity contribution in [1.82, 2.24) is 0 Å². The van der Waals surface area contributed by atoms with E-state index in [0.717, 1.165) is 24.0 Å². The summed E-state index contributed by atoms with van der Waals surface area (Å²) in [6, 6.07) is 0. The molecule has 0 aliphatic heterocycles. The van der Waals surface area contributed by atoms with Gasteiger partial charge in [0.2, 0.25) is 0 Å². The third-order valence-electron chi connectivity index (χ3n) is 4.56. The number of hydrogen-bond acceptors (Lipinski definition) is 1. The summed E-state index contributed by atoms with van der Waals surface area (Å²) in [5.41, 5.74) is 3.17. The fourth-order valence-electron chi connectivity index (χ4n) is 2.15. The maximum absolute atomic E-state index is 14.6. The quantitative estimate of drug-likeness (QED) is 0.293. The standard InChI is InChI=1S/C24H35FO/c1-9-17(3)11-12-19(5)20(6)16-24(25)22(8)21(7)15-23(13-14-26)18(4)10-2/h11-12,15-17,19,26H,4,6-10,13-14H2,1-3,5H3/b12-11-,23-15-,24-16+. The first kappa shape index (κ1) is 24.1. The van der Waals surface area contributed by atoms with Crippen molar-refractivity contribution in [2.75, 3.05) is 6.61 Å². The molecule has 1 N–H and O–H groups in total. The SMILES string of the molecule is C=C(/C=C(/CCO)C(=C)CC)C(=C)/C(F)=C\C(=C)C(C)/C=C\C(C)CC. The number of hydrogen-bond donors (Lipinski definition) is 1. The third kappa shape index (κ3) is 8.44. The van der Waals surface area contributed by atoms with Crippen LogP contribution in [-0.2, 0) is 0 Å². The molecular weight excluding hydrogens is 323 g/mol. The van der Waals surface area contributed by atoms with Crippen LogP contribution in [0, 0.1) is 11.8 Å². The molecule has 0 spiro atoms. The van der Waals surface area contributed by atoms with Gasteiger partial charge in [-0.25, -0.2) is 4.39 Å². The van der Waals surface area contributed by atoms with Crippen LogP contribution in [0.15, 0.2) is 84.3 Å². The molecule has 0 aliphatic rings. The molecule has 1 nitrogen and oxygen atoms in total. The number of aliphatic hydroxyl groups excluding tert-OH is 1. The van der Waals surface area contributed by atoms with Crippen LogP contribution in [0.3, 0.4) is 0 Å². The highest BCUT2D eigenvalue weighted by Crippen LogP contribution is 2.26. The monoisotopic (exact) mass is 358 g/mol. The summed E-state index contributed by atoms with van der Waals surface area (Å²) in [7, 11) is 0. The second-order valence-corrected chi connectivity index (χ2v) is 6.73. The first-order chi connectivity index (χ1) is 12.2. The Morgan fingerprint density at radius 3 is 2.15 bits per heavy atom. The van der Waals surface area contributed by atoms with Crippen LogP contribution < -0.4 is 0 Å². The number of allylic oxidation sites excluding steroid dienone is 9. The zero-order valence-corrected chi connectivity index (χ0v) is 16.9. The van der Waals surface area contributed by atoms with E-state index in [1.54, 1.807) is 6.08 Å². The summed E-state index contributed by atoms with van der Waals surface area (Å²) in [4.78, 5) is 0. The van der Waals surface area contributed by atoms with Gasteiger partial charge in [0, 0.05) is 12.2 Å². The molecule has 0 bridgehead atoms. The molecule has 0 aromatic carbocycles. The van der Waals surface area contributed by atoms with Gasteiger partial charge in [-0.1, -0.05) is 84.2 Å². The topological polar surface area (TPSA) is 20.2 Å². The largest absolute Gasteiger partial charge is 0.396 e. The van der Waals surface area contributed by atoms with E-state index >= 15 is 0 Å². The van der Waals surface area contributed by atoms with E-state index in [9.17, 15) is 9.50 Å². The van der Waals surface area contributed by atoms with Crippen molar-refractivity contribution in [2.24, 2.45) is 11.8 Å². The minimum absolute atomic E-state index is 0.0137. The van der Waals surface area contributed by atoms with Crippen LogP contribution in [0.5, 0.6) is 0 Å². The van der Waals surface area contributed by atoms with Crippen LogP contribution in [-0.4, -0.2) is 11.7 Å². The van der Waals surface area contributed by atoms with Gasteiger partial charge in [0.15, 0.2) is 0 Å². The van der Waals surface area contributed by atoms with Crippen LogP contribution in [0.2, 0.25) is 0 Å². The fourth-order valence-corrected chi connectivity index (χ4v) is 2.15. The lowest BCUT2D eigenvalue weighted by atomic mass is 9.95. The Morgan fingerprint density at radius 1 is 1.04 bits per heavy atom. The minimum atomic E-state index is -0.439. The highest BCUT2D eigenvalue weighted by Gasteiger charge is 2.10. The van der Waals surface area contributed by atoms with Crippen LogP contribution in [0.25, 0.3) is 0 Å². The van der Waals surface area contributed by atoms with E-state index in [2.05, 4.69) is 52.3 Å². The van der Waals surface area contributed by atoms with Gasteiger partial charge in [-0.15, -0.1) is 0 Å². The molecule has 2 unspecified atom stereocenters. The number of aliphatic hydroxyl groups is 1. The van der Waals surface area contributed by atoms with Gasteiger partial charge in [-0.2, -0.15) is 0 Å². The molecule has 26 heavy (non-hydrogen) atoms. The van der Waals surface area contributed by atoms with E-state index in [4.69, 9.17) is 0 Å². The Kier molecular flexibility index (Phi) is 11.5. The second-order valence-electron chi connectivity index (χ2n) is 6.73.